The first-order valence-corrected chi connectivity index (χ1v) is 20.4. The van der Waals surface area contributed by atoms with Crippen molar-refractivity contribution in [3.05, 3.63) is 35.9 Å². The van der Waals surface area contributed by atoms with E-state index in [-0.39, 0.29) is 7.43 Å². The molecule has 0 aromatic heterocycles. The second-order valence-electron chi connectivity index (χ2n) is 19.9. The van der Waals surface area contributed by atoms with Crippen LogP contribution < -0.4 is 19.6 Å². The molecule has 0 unspecified atom stereocenters. The fourth-order valence-electron chi connectivity index (χ4n) is 7.23. The van der Waals surface area contributed by atoms with Gasteiger partial charge in [0.05, 0.1) is 73.5 Å². The molecule has 4 aliphatic rings. The molecule has 4 N–H and O–H groups in total. The number of quaternary nitrogens is 4. The SMILES string of the molecule is C.CC(C)(C)N1CC[NH+](Cc2ccccc2)CC1.C[NH+]1CCN(C(C)(C)C)CC1.C[NH+]1CCN(C(C)(C)C)CC1.C[NH+]1CCN(C(C)(C)C)CC1. The van der Waals surface area contributed by atoms with E-state index in [1.165, 1.54) is 117 Å². The summed E-state index contributed by atoms with van der Waals surface area (Å²) in [6.07, 6.45) is 0. The van der Waals surface area contributed by atoms with Crippen LogP contribution in [0.4, 0.5) is 0 Å². The van der Waals surface area contributed by atoms with Crippen LogP contribution in [-0.2, 0) is 6.54 Å². The van der Waals surface area contributed by atoms with E-state index in [1.54, 1.807) is 19.6 Å². The molecule has 51 heavy (non-hydrogen) atoms. The monoisotopic (exact) mass is 721 g/mol. The zero-order valence-electron chi connectivity index (χ0n) is 36.2. The Hall–Kier alpha value is -1.10. The highest BCUT2D eigenvalue weighted by atomic mass is 15.3. The van der Waals surface area contributed by atoms with Crippen molar-refractivity contribution in [2.45, 2.75) is 119 Å². The van der Waals surface area contributed by atoms with Crippen LogP contribution in [-0.4, -0.2) is 168 Å². The van der Waals surface area contributed by atoms with Crippen LogP contribution in [0.15, 0.2) is 30.3 Å². The van der Waals surface area contributed by atoms with Crippen molar-refractivity contribution < 1.29 is 19.6 Å². The van der Waals surface area contributed by atoms with Gasteiger partial charge in [0.15, 0.2) is 0 Å². The Morgan fingerprint density at radius 3 is 0.882 bits per heavy atom. The summed E-state index contributed by atoms with van der Waals surface area (Å²) < 4.78 is 0. The van der Waals surface area contributed by atoms with E-state index in [2.05, 4.69) is 154 Å². The number of rotatable bonds is 2. The predicted octanol–water partition coefficient (Wildman–Crippen LogP) is 0.667. The van der Waals surface area contributed by atoms with E-state index in [1.807, 2.05) is 0 Å². The second kappa shape index (κ2) is 21.7. The zero-order chi connectivity index (χ0) is 37.8. The maximum atomic E-state index is 2.60. The molecule has 8 heteroatoms. The van der Waals surface area contributed by atoms with E-state index in [0.29, 0.717) is 22.2 Å². The highest BCUT2D eigenvalue weighted by Gasteiger charge is 2.29. The Morgan fingerprint density at radius 1 is 0.412 bits per heavy atom. The van der Waals surface area contributed by atoms with Crippen LogP contribution in [0.25, 0.3) is 0 Å². The molecule has 1 aromatic rings. The molecule has 0 aliphatic carbocycles. The molecule has 4 aliphatic heterocycles. The molecule has 0 radical (unpaired) electrons. The summed E-state index contributed by atoms with van der Waals surface area (Å²) in [4.78, 5) is 17.0. The molecule has 0 atom stereocenters. The van der Waals surface area contributed by atoms with Crippen molar-refractivity contribution in [2.75, 3.05) is 126 Å². The van der Waals surface area contributed by atoms with Gasteiger partial charge in [0.1, 0.15) is 6.54 Å². The van der Waals surface area contributed by atoms with Gasteiger partial charge in [0.25, 0.3) is 0 Å². The maximum absolute atomic E-state index is 2.60. The number of hydrogen-bond acceptors (Lipinski definition) is 4. The lowest BCUT2D eigenvalue weighted by molar-refractivity contribution is -0.918. The molecule has 1 aromatic carbocycles. The van der Waals surface area contributed by atoms with Gasteiger partial charge in [-0.3, -0.25) is 19.6 Å². The summed E-state index contributed by atoms with van der Waals surface area (Å²) in [7, 11) is 6.83. The summed E-state index contributed by atoms with van der Waals surface area (Å²) in [5.41, 5.74) is 2.92. The number of likely N-dealkylation sites (N-methyl/N-ethyl adjacent to an activating group) is 3. The molecule has 4 saturated heterocycles. The molecule has 0 bridgehead atoms. The standard InChI is InChI=1S/C15H24N2.3C9H20N2.CH4/c1-15(2,3)17-11-9-16(10-12-17)13-14-7-5-4-6-8-14;3*1-9(2,3)11-7-5-10(4)6-8-11;/h4-8H,9-13H2,1-3H3;3*5-8H2,1-4H3;1H4/p+4. The average molecular weight is 721 g/mol. The quantitative estimate of drug-likeness (QED) is 0.362. The average Bonchev–Trinajstić information content (AvgIpc) is 3.02. The number of nitrogens with zero attached hydrogens (tertiary/aromatic N) is 4. The van der Waals surface area contributed by atoms with Gasteiger partial charge in [-0.1, -0.05) is 37.8 Å². The van der Waals surface area contributed by atoms with E-state index in [0.717, 1.165) is 0 Å². The van der Waals surface area contributed by atoms with Gasteiger partial charge in [-0.15, -0.1) is 0 Å². The molecule has 0 amide bonds. The molecular formula is C43H92N8+4. The minimum atomic E-state index is 0. The first-order valence-electron chi connectivity index (χ1n) is 20.4. The first kappa shape index (κ1) is 47.9. The first-order chi connectivity index (χ1) is 23.1. The summed E-state index contributed by atoms with van der Waals surface area (Å²) in [5.74, 6) is 0. The van der Waals surface area contributed by atoms with Crippen molar-refractivity contribution in [3.8, 4) is 0 Å². The second-order valence-corrected chi connectivity index (χ2v) is 19.9. The lowest BCUT2D eigenvalue weighted by atomic mass is 10.0. The van der Waals surface area contributed by atoms with Crippen molar-refractivity contribution in [2.24, 2.45) is 0 Å². The summed E-state index contributed by atoms with van der Waals surface area (Å²) in [6, 6.07) is 10.9. The minimum Gasteiger partial charge on any atom is -0.335 e. The highest BCUT2D eigenvalue weighted by Crippen LogP contribution is 2.14. The molecule has 8 nitrogen and oxygen atoms in total. The van der Waals surface area contributed by atoms with E-state index in [4.69, 9.17) is 0 Å². The van der Waals surface area contributed by atoms with Crippen molar-refractivity contribution in [3.63, 3.8) is 0 Å². The van der Waals surface area contributed by atoms with Crippen LogP contribution in [0.1, 0.15) is 96.1 Å². The van der Waals surface area contributed by atoms with Crippen LogP contribution in [0.3, 0.4) is 0 Å². The molecule has 0 saturated carbocycles. The summed E-state index contributed by atoms with van der Waals surface area (Å²) in [6.45, 7) is 49.2. The molecule has 0 spiro atoms. The molecule has 4 fully saturated rings. The van der Waals surface area contributed by atoms with E-state index in [9.17, 15) is 0 Å². The lowest BCUT2D eigenvalue weighted by Gasteiger charge is -2.40. The summed E-state index contributed by atoms with van der Waals surface area (Å²) >= 11 is 0. The van der Waals surface area contributed by atoms with Crippen molar-refractivity contribution >= 4 is 0 Å². The largest absolute Gasteiger partial charge is 0.335 e. The molecule has 300 valence electrons. The smallest absolute Gasteiger partial charge is 0.103 e. The van der Waals surface area contributed by atoms with Gasteiger partial charge in [-0.25, -0.2) is 0 Å². The predicted molar refractivity (Wildman–Crippen MR) is 223 cm³/mol. The van der Waals surface area contributed by atoms with E-state index < -0.39 is 0 Å². The lowest BCUT2D eigenvalue weighted by Crippen LogP contribution is -3.13. The van der Waals surface area contributed by atoms with Crippen LogP contribution in [0, 0.1) is 0 Å². The Kier molecular flexibility index (Phi) is 20.4. The van der Waals surface area contributed by atoms with Crippen LogP contribution in [0.5, 0.6) is 0 Å². The molecule has 4 heterocycles. The van der Waals surface area contributed by atoms with Gasteiger partial charge in [-0.05, 0) is 83.1 Å². The third-order valence-corrected chi connectivity index (χ3v) is 11.4. The summed E-state index contributed by atoms with van der Waals surface area (Å²) in [5, 5.41) is 0. The number of piperazine rings is 4. The van der Waals surface area contributed by atoms with Gasteiger partial charge >= 0.3 is 0 Å². The third-order valence-electron chi connectivity index (χ3n) is 11.4. The van der Waals surface area contributed by atoms with Gasteiger partial charge in [0, 0.05) is 80.1 Å². The molecule has 5 rings (SSSR count). The van der Waals surface area contributed by atoms with Crippen molar-refractivity contribution in [1.29, 1.82) is 0 Å². The zero-order valence-corrected chi connectivity index (χ0v) is 36.2. The minimum absolute atomic E-state index is 0. The Morgan fingerprint density at radius 2 is 0.647 bits per heavy atom. The number of benzene rings is 1. The maximum Gasteiger partial charge on any atom is 0.103 e. The van der Waals surface area contributed by atoms with Gasteiger partial charge < -0.3 is 19.6 Å². The van der Waals surface area contributed by atoms with Gasteiger partial charge in [-0.2, -0.15) is 0 Å². The Bertz CT molecular complexity index is 927. The molecular weight excluding hydrogens is 629 g/mol. The van der Waals surface area contributed by atoms with Gasteiger partial charge in [0.2, 0.25) is 0 Å². The van der Waals surface area contributed by atoms with Crippen LogP contribution in [0.2, 0.25) is 0 Å². The fourth-order valence-corrected chi connectivity index (χ4v) is 7.23. The van der Waals surface area contributed by atoms with E-state index >= 15 is 0 Å². The topological polar surface area (TPSA) is 30.7 Å². The Labute approximate surface area is 319 Å². The normalized spacial score (nSPS) is 22.0. The fraction of sp³-hybridized carbons (Fsp3) is 0.860. The number of hydrogen-bond donors (Lipinski definition) is 4. The van der Waals surface area contributed by atoms with Crippen molar-refractivity contribution in [1.82, 2.24) is 19.6 Å². The third kappa shape index (κ3) is 19.2. The Balaban J connectivity index is 0.000000345. The highest BCUT2D eigenvalue weighted by molar-refractivity contribution is 5.13. The van der Waals surface area contributed by atoms with Crippen LogP contribution >= 0.6 is 0 Å². The number of nitrogens with one attached hydrogen (secondary N) is 4.